The molecule has 0 bridgehead atoms. The molecule has 1 aliphatic rings. The number of aryl methyl sites for hydroxylation is 2. The maximum absolute atomic E-state index is 13.2. The molecule has 200 valence electrons. The first-order valence-corrected chi connectivity index (χ1v) is 12.2. The number of hydrogen-bond donors (Lipinski definition) is 0. The summed E-state index contributed by atoms with van der Waals surface area (Å²) in [6, 6.07) is 7.01. The summed E-state index contributed by atoms with van der Waals surface area (Å²) in [5.74, 6) is 1.50. The van der Waals surface area contributed by atoms with E-state index in [1.165, 1.54) is 4.57 Å². The number of halogens is 3. The Kier molecular flexibility index (Phi) is 6.45. The standard InChI is InChI=1S/C25H27F3N8O2/c1-5-33-14-19(25(26,27)28)30-23(33)17-8-6-16(7-9-17)13-34-20(37)10-11-35-24(34)31-22(32-35)21-18(38-4)12-29-36(21)15(2)3/h6-9,12,14-15H,5,10-11,13H2,1-4H3. The summed E-state index contributed by atoms with van der Waals surface area (Å²) in [6.45, 7) is 6.71. The molecule has 0 spiro atoms. The number of methoxy groups -OCH3 is 1. The molecule has 0 atom stereocenters. The van der Waals surface area contributed by atoms with E-state index in [9.17, 15) is 18.0 Å². The van der Waals surface area contributed by atoms with Gasteiger partial charge in [0, 0.05) is 30.8 Å². The summed E-state index contributed by atoms with van der Waals surface area (Å²) in [5.41, 5.74) is 1.04. The van der Waals surface area contributed by atoms with Crippen LogP contribution in [0.1, 0.15) is 44.5 Å². The average molecular weight is 529 g/mol. The molecule has 1 aromatic carbocycles. The van der Waals surface area contributed by atoms with Crippen molar-refractivity contribution in [1.29, 1.82) is 0 Å². The molecule has 0 radical (unpaired) electrons. The number of nitrogens with zero attached hydrogens (tertiary/aromatic N) is 8. The number of anilines is 1. The minimum atomic E-state index is -4.52. The molecule has 0 fully saturated rings. The Bertz CT molecular complexity index is 1470. The predicted octanol–water partition coefficient (Wildman–Crippen LogP) is 4.57. The van der Waals surface area contributed by atoms with Crippen LogP contribution in [0, 0.1) is 0 Å². The first-order chi connectivity index (χ1) is 18.1. The summed E-state index contributed by atoms with van der Waals surface area (Å²) in [7, 11) is 1.55. The molecule has 0 saturated heterocycles. The number of fused-ring (bicyclic) bond motifs is 1. The van der Waals surface area contributed by atoms with Gasteiger partial charge in [-0.15, -0.1) is 5.10 Å². The van der Waals surface area contributed by atoms with Crippen LogP contribution in [0.3, 0.4) is 0 Å². The van der Waals surface area contributed by atoms with E-state index >= 15 is 0 Å². The molecule has 4 heterocycles. The van der Waals surface area contributed by atoms with Gasteiger partial charge in [0.1, 0.15) is 11.5 Å². The van der Waals surface area contributed by atoms with Crippen molar-refractivity contribution in [1.82, 2.24) is 34.1 Å². The number of carbonyl (C=O) groups excluding carboxylic acids is 1. The minimum Gasteiger partial charge on any atom is -0.493 e. The molecule has 1 aliphatic heterocycles. The van der Waals surface area contributed by atoms with Gasteiger partial charge < -0.3 is 9.30 Å². The number of carbonyl (C=O) groups is 1. The molecule has 10 nitrogen and oxygen atoms in total. The highest BCUT2D eigenvalue weighted by molar-refractivity contribution is 5.93. The van der Waals surface area contributed by atoms with Crippen LogP contribution in [0.5, 0.6) is 5.75 Å². The second-order valence-corrected chi connectivity index (χ2v) is 9.22. The van der Waals surface area contributed by atoms with E-state index in [-0.39, 0.29) is 30.7 Å². The fourth-order valence-electron chi connectivity index (χ4n) is 4.46. The molecule has 38 heavy (non-hydrogen) atoms. The smallest absolute Gasteiger partial charge is 0.434 e. The zero-order chi connectivity index (χ0) is 27.2. The fraction of sp³-hybridized carbons (Fsp3) is 0.400. The van der Waals surface area contributed by atoms with Crippen molar-refractivity contribution in [2.75, 3.05) is 12.0 Å². The highest BCUT2D eigenvalue weighted by atomic mass is 19.4. The van der Waals surface area contributed by atoms with Crippen LogP contribution in [0.25, 0.3) is 22.9 Å². The van der Waals surface area contributed by atoms with Crippen LogP contribution in [0.15, 0.2) is 36.7 Å². The van der Waals surface area contributed by atoms with Gasteiger partial charge in [-0.05, 0) is 26.3 Å². The minimum absolute atomic E-state index is 0.0428. The number of alkyl halides is 3. The van der Waals surface area contributed by atoms with Crippen LogP contribution < -0.4 is 9.64 Å². The van der Waals surface area contributed by atoms with Crippen LogP contribution >= 0.6 is 0 Å². The number of hydrogen-bond acceptors (Lipinski definition) is 6. The Morgan fingerprint density at radius 3 is 2.50 bits per heavy atom. The van der Waals surface area contributed by atoms with Gasteiger partial charge in [-0.2, -0.15) is 23.3 Å². The van der Waals surface area contributed by atoms with Crippen molar-refractivity contribution >= 4 is 11.9 Å². The van der Waals surface area contributed by atoms with E-state index in [4.69, 9.17) is 4.74 Å². The first kappa shape index (κ1) is 25.5. The fourth-order valence-corrected chi connectivity index (χ4v) is 4.46. The quantitative estimate of drug-likeness (QED) is 0.349. The van der Waals surface area contributed by atoms with E-state index in [1.807, 2.05) is 13.8 Å². The number of aromatic nitrogens is 7. The van der Waals surface area contributed by atoms with E-state index in [0.29, 0.717) is 41.9 Å². The van der Waals surface area contributed by atoms with Gasteiger partial charge in [-0.3, -0.25) is 14.4 Å². The molecule has 5 rings (SSSR count). The average Bonchev–Trinajstić information content (AvgIpc) is 3.61. The van der Waals surface area contributed by atoms with Gasteiger partial charge in [0.2, 0.25) is 17.7 Å². The maximum Gasteiger partial charge on any atom is 0.434 e. The number of amides is 1. The Labute approximate surface area is 216 Å². The maximum atomic E-state index is 13.2. The predicted molar refractivity (Wildman–Crippen MR) is 132 cm³/mol. The lowest BCUT2D eigenvalue weighted by molar-refractivity contribution is -0.140. The molecule has 0 saturated carbocycles. The number of benzene rings is 1. The van der Waals surface area contributed by atoms with Gasteiger partial charge >= 0.3 is 6.18 Å². The SMILES string of the molecule is CCn1cc(C(F)(F)F)nc1-c1ccc(CN2C(=O)CCn3nc(-c4c(OC)cnn4C(C)C)nc32)cc1. The van der Waals surface area contributed by atoms with Crippen molar-refractivity contribution in [3.63, 3.8) is 0 Å². The lowest BCUT2D eigenvalue weighted by Crippen LogP contribution is -2.37. The van der Waals surface area contributed by atoms with Crippen molar-refractivity contribution in [3.8, 4) is 28.7 Å². The molecule has 4 aromatic rings. The monoisotopic (exact) mass is 528 g/mol. The molecule has 13 heteroatoms. The van der Waals surface area contributed by atoms with E-state index in [1.54, 1.807) is 58.8 Å². The van der Waals surface area contributed by atoms with Crippen LogP contribution in [-0.2, 0) is 30.6 Å². The van der Waals surface area contributed by atoms with Crippen molar-refractivity contribution < 1.29 is 22.7 Å². The summed E-state index contributed by atoms with van der Waals surface area (Å²) >= 11 is 0. The van der Waals surface area contributed by atoms with Gasteiger partial charge in [0.05, 0.1) is 26.4 Å². The van der Waals surface area contributed by atoms with Gasteiger partial charge in [-0.25, -0.2) is 9.67 Å². The zero-order valence-electron chi connectivity index (χ0n) is 21.4. The van der Waals surface area contributed by atoms with Crippen LogP contribution in [0.2, 0.25) is 0 Å². The number of ether oxygens (including phenoxy) is 1. The van der Waals surface area contributed by atoms with Crippen molar-refractivity contribution in [2.45, 2.75) is 59.0 Å². The summed E-state index contributed by atoms with van der Waals surface area (Å²) in [4.78, 5) is 23.0. The van der Waals surface area contributed by atoms with Gasteiger partial charge in [0.25, 0.3) is 0 Å². The van der Waals surface area contributed by atoms with E-state index in [2.05, 4.69) is 20.2 Å². The van der Waals surface area contributed by atoms with Crippen LogP contribution in [-0.4, -0.2) is 47.1 Å². The normalized spacial score (nSPS) is 13.9. The lowest BCUT2D eigenvalue weighted by Gasteiger charge is -2.26. The highest BCUT2D eigenvalue weighted by Crippen LogP contribution is 2.34. The van der Waals surface area contributed by atoms with Gasteiger partial charge in [-0.1, -0.05) is 24.3 Å². The third-order valence-corrected chi connectivity index (χ3v) is 6.38. The molecule has 0 unspecified atom stereocenters. The second kappa shape index (κ2) is 9.62. The summed E-state index contributed by atoms with van der Waals surface area (Å²) < 4.78 is 49.9. The summed E-state index contributed by atoms with van der Waals surface area (Å²) in [5, 5.41) is 9.02. The molecule has 0 N–H and O–H groups in total. The van der Waals surface area contributed by atoms with Gasteiger partial charge in [0.15, 0.2) is 11.4 Å². The third kappa shape index (κ3) is 4.52. The van der Waals surface area contributed by atoms with Crippen molar-refractivity contribution in [3.05, 3.63) is 47.9 Å². The molecular weight excluding hydrogens is 501 g/mol. The zero-order valence-corrected chi connectivity index (χ0v) is 21.4. The first-order valence-electron chi connectivity index (χ1n) is 12.2. The Hall–Kier alpha value is -4.16. The van der Waals surface area contributed by atoms with Crippen molar-refractivity contribution in [2.24, 2.45) is 0 Å². The second-order valence-electron chi connectivity index (χ2n) is 9.22. The molecule has 0 aliphatic carbocycles. The Morgan fingerprint density at radius 2 is 1.87 bits per heavy atom. The third-order valence-electron chi connectivity index (χ3n) is 6.38. The van der Waals surface area contributed by atoms with Crippen LogP contribution in [0.4, 0.5) is 19.1 Å². The topological polar surface area (TPSA) is 95.9 Å². The highest BCUT2D eigenvalue weighted by Gasteiger charge is 2.35. The molecule has 3 aromatic heterocycles. The van der Waals surface area contributed by atoms with E-state index < -0.39 is 11.9 Å². The number of imidazole rings is 1. The lowest BCUT2D eigenvalue weighted by atomic mass is 10.1. The Balaban J connectivity index is 1.43. The molecule has 1 amide bonds. The molecular formula is C25H27F3N8O2. The largest absolute Gasteiger partial charge is 0.493 e. The Morgan fingerprint density at radius 1 is 1.13 bits per heavy atom. The summed E-state index contributed by atoms with van der Waals surface area (Å²) in [6.07, 6.45) is -1.63. The number of rotatable bonds is 7. The van der Waals surface area contributed by atoms with E-state index in [0.717, 1.165) is 11.8 Å².